The van der Waals surface area contributed by atoms with Gasteiger partial charge in [-0.3, -0.25) is 4.99 Å². The number of fused-ring (bicyclic) bond motifs is 3. The van der Waals surface area contributed by atoms with Crippen LogP contribution in [-0.4, -0.2) is 22.4 Å². The summed E-state index contributed by atoms with van der Waals surface area (Å²) in [4.78, 5) is 4.41. The van der Waals surface area contributed by atoms with Gasteiger partial charge in [-0.15, -0.1) is 0 Å². The van der Waals surface area contributed by atoms with E-state index < -0.39 is 0 Å². The molecule has 1 aromatic heterocycles. The molecule has 4 rings (SSSR count). The Kier molecular flexibility index (Phi) is 3.54. The van der Waals surface area contributed by atoms with Gasteiger partial charge in [0.05, 0.1) is 16.8 Å². The topological polar surface area (TPSA) is 61.3 Å². The van der Waals surface area contributed by atoms with E-state index in [2.05, 4.69) is 15.6 Å². The van der Waals surface area contributed by atoms with Crippen molar-refractivity contribution >= 4 is 17.1 Å². The van der Waals surface area contributed by atoms with Crippen LogP contribution in [0.25, 0.3) is 22.0 Å². The van der Waals surface area contributed by atoms with E-state index in [-0.39, 0.29) is 17.1 Å². The summed E-state index contributed by atoms with van der Waals surface area (Å²) in [6, 6.07) is 9.94. The van der Waals surface area contributed by atoms with Crippen molar-refractivity contribution in [1.29, 1.82) is 5.26 Å². The summed E-state index contributed by atoms with van der Waals surface area (Å²) in [5, 5.41) is 20.7. The lowest BCUT2D eigenvalue weighted by atomic mass is 9.97. The van der Waals surface area contributed by atoms with E-state index in [1.54, 1.807) is 18.2 Å². The van der Waals surface area contributed by atoms with Crippen molar-refractivity contribution in [2.75, 3.05) is 6.54 Å². The highest BCUT2D eigenvalue weighted by Crippen LogP contribution is 2.41. The molecule has 0 saturated carbocycles. The highest BCUT2D eigenvalue weighted by molar-refractivity contribution is 6.06. The molecular weight excluding hydrogens is 317 g/mol. The molecule has 0 amide bonds. The number of aromatic nitrogens is 1. The van der Waals surface area contributed by atoms with Gasteiger partial charge in [-0.25, -0.2) is 4.39 Å². The third-order valence-electron chi connectivity index (χ3n) is 4.75. The number of phenolic OH excluding ortho intramolecular Hbond substituents is 1. The van der Waals surface area contributed by atoms with Crippen LogP contribution in [0.5, 0.6) is 5.75 Å². The molecule has 4 nitrogen and oxygen atoms in total. The number of aliphatic imine (C=N–C) groups is 1. The van der Waals surface area contributed by atoms with Crippen molar-refractivity contribution in [3.05, 3.63) is 53.0 Å². The van der Waals surface area contributed by atoms with E-state index in [1.807, 2.05) is 13.1 Å². The first kappa shape index (κ1) is 15.4. The van der Waals surface area contributed by atoms with Gasteiger partial charge >= 0.3 is 0 Å². The fourth-order valence-corrected chi connectivity index (χ4v) is 3.55. The normalized spacial score (nSPS) is 13.5. The molecule has 124 valence electrons. The number of benzene rings is 2. The van der Waals surface area contributed by atoms with Crippen LogP contribution in [0.1, 0.15) is 23.2 Å². The molecular formula is C20H16FN3O. The lowest BCUT2D eigenvalue weighted by molar-refractivity contribution is 0.480. The van der Waals surface area contributed by atoms with E-state index in [0.29, 0.717) is 5.39 Å². The molecule has 1 N–H and O–H groups in total. The van der Waals surface area contributed by atoms with Crippen LogP contribution < -0.4 is 0 Å². The number of halogens is 1. The zero-order chi connectivity index (χ0) is 17.6. The number of aryl methyl sites for hydroxylation is 2. The van der Waals surface area contributed by atoms with E-state index in [0.717, 1.165) is 47.4 Å². The van der Waals surface area contributed by atoms with E-state index in [1.165, 1.54) is 12.1 Å². The highest BCUT2D eigenvalue weighted by Gasteiger charge is 2.23. The van der Waals surface area contributed by atoms with Gasteiger partial charge in [0.2, 0.25) is 0 Å². The summed E-state index contributed by atoms with van der Waals surface area (Å²) < 4.78 is 15.5. The lowest BCUT2D eigenvalue weighted by Gasteiger charge is -2.12. The molecule has 0 atom stereocenters. The number of nitriles is 1. The van der Waals surface area contributed by atoms with Crippen molar-refractivity contribution < 1.29 is 9.50 Å². The summed E-state index contributed by atoms with van der Waals surface area (Å²) in [7, 11) is 0. The Hall–Kier alpha value is -3.13. The largest absolute Gasteiger partial charge is 0.506 e. The Bertz CT molecular complexity index is 1060. The molecule has 0 saturated heterocycles. The highest BCUT2D eigenvalue weighted by atomic mass is 19.1. The molecule has 0 fully saturated rings. The van der Waals surface area contributed by atoms with Gasteiger partial charge in [-0.1, -0.05) is 12.1 Å². The molecule has 1 aliphatic heterocycles. The quantitative estimate of drug-likeness (QED) is 0.727. The summed E-state index contributed by atoms with van der Waals surface area (Å²) in [5.74, 6) is -0.314. The van der Waals surface area contributed by atoms with Crippen LogP contribution in [0.15, 0.2) is 35.3 Å². The third-order valence-corrected chi connectivity index (χ3v) is 4.75. The lowest BCUT2D eigenvalue weighted by Crippen LogP contribution is -2.02. The average molecular weight is 333 g/mol. The third kappa shape index (κ3) is 2.30. The summed E-state index contributed by atoms with van der Waals surface area (Å²) in [6.07, 6.45) is 2.73. The monoisotopic (exact) mass is 333 g/mol. The van der Waals surface area contributed by atoms with Crippen LogP contribution in [0, 0.1) is 24.1 Å². The second-order valence-corrected chi connectivity index (χ2v) is 6.21. The van der Waals surface area contributed by atoms with Gasteiger partial charge in [0.15, 0.2) is 0 Å². The summed E-state index contributed by atoms with van der Waals surface area (Å²) in [6.45, 7) is 3.47. The number of hydrogen-bond donors (Lipinski definition) is 1. The Balaban J connectivity index is 2.16. The SMILES string of the molecule is Cc1c2n(c3c(-c4ccc(F)cc4)cc(C#N)c(O)c13)CCCN=C2. The predicted molar refractivity (Wildman–Crippen MR) is 95.5 cm³/mol. The molecule has 2 heterocycles. The first-order chi connectivity index (χ1) is 12.1. The molecule has 0 aliphatic carbocycles. The van der Waals surface area contributed by atoms with Gasteiger partial charge in [-0.05, 0) is 42.7 Å². The zero-order valence-corrected chi connectivity index (χ0v) is 13.8. The molecule has 3 aromatic rings. The molecule has 0 bridgehead atoms. The molecule has 0 radical (unpaired) electrons. The number of hydrogen-bond acceptors (Lipinski definition) is 3. The van der Waals surface area contributed by atoms with Gasteiger partial charge in [0.25, 0.3) is 0 Å². The minimum Gasteiger partial charge on any atom is -0.506 e. The number of nitrogens with zero attached hydrogens (tertiary/aromatic N) is 3. The molecule has 2 aromatic carbocycles. The predicted octanol–water partition coefficient (Wildman–Crippen LogP) is 4.16. The molecule has 25 heavy (non-hydrogen) atoms. The second-order valence-electron chi connectivity index (χ2n) is 6.21. The van der Waals surface area contributed by atoms with Gasteiger partial charge in [-0.2, -0.15) is 5.26 Å². The van der Waals surface area contributed by atoms with Gasteiger partial charge < -0.3 is 9.67 Å². The molecule has 5 heteroatoms. The maximum absolute atomic E-state index is 13.3. The smallest absolute Gasteiger partial charge is 0.143 e. The first-order valence-corrected chi connectivity index (χ1v) is 8.16. The summed E-state index contributed by atoms with van der Waals surface area (Å²) in [5.41, 5.74) is 4.55. The molecule has 0 unspecified atom stereocenters. The van der Waals surface area contributed by atoms with Gasteiger partial charge in [0.1, 0.15) is 17.6 Å². The van der Waals surface area contributed by atoms with E-state index in [4.69, 9.17) is 0 Å². The standard InChI is InChI=1S/C20H16FN3O/c1-12-17-11-23-7-2-8-24(17)19-16(13-3-5-15(21)6-4-13)9-14(10-22)20(25)18(12)19/h3-6,9,11,25H,2,7-8H2,1H3. The van der Waals surface area contributed by atoms with Crippen LogP contribution >= 0.6 is 0 Å². The van der Waals surface area contributed by atoms with Crippen molar-refractivity contribution in [3.8, 4) is 22.9 Å². The zero-order valence-electron chi connectivity index (χ0n) is 13.8. The second kappa shape index (κ2) is 5.75. The maximum atomic E-state index is 13.3. The maximum Gasteiger partial charge on any atom is 0.143 e. The number of rotatable bonds is 1. The minimum absolute atomic E-state index is 0.00478. The summed E-state index contributed by atoms with van der Waals surface area (Å²) >= 11 is 0. The average Bonchev–Trinajstić information content (AvgIpc) is 2.78. The van der Waals surface area contributed by atoms with Crippen LogP contribution in [0.4, 0.5) is 4.39 Å². The van der Waals surface area contributed by atoms with Crippen molar-refractivity contribution in [2.24, 2.45) is 4.99 Å². The minimum atomic E-state index is -0.309. The number of aromatic hydroxyl groups is 1. The van der Waals surface area contributed by atoms with Crippen molar-refractivity contribution in [1.82, 2.24) is 4.57 Å². The Labute approximate surface area is 144 Å². The Morgan fingerprint density at radius 1 is 1.28 bits per heavy atom. The fourth-order valence-electron chi connectivity index (χ4n) is 3.55. The van der Waals surface area contributed by atoms with Gasteiger partial charge in [0, 0.05) is 30.3 Å². The van der Waals surface area contributed by atoms with Crippen molar-refractivity contribution in [3.63, 3.8) is 0 Å². The Morgan fingerprint density at radius 2 is 2.04 bits per heavy atom. The van der Waals surface area contributed by atoms with Crippen LogP contribution in [0.3, 0.4) is 0 Å². The fraction of sp³-hybridized carbons (Fsp3) is 0.200. The first-order valence-electron chi connectivity index (χ1n) is 8.16. The molecule has 1 aliphatic rings. The van der Waals surface area contributed by atoms with Crippen molar-refractivity contribution in [2.45, 2.75) is 19.9 Å². The number of phenols is 1. The van der Waals surface area contributed by atoms with E-state index in [9.17, 15) is 14.8 Å². The van der Waals surface area contributed by atoms with Crippen LogP contribution in [-0.2, 0) is 6.54 Å². The Morgan fingerprint density at radius 3 is 2.76 bits per heavy atom. The van der Waals surface area contributed by atoms with Crippen LogP contribution in [0.2, 0.25) is 0 Å². The molecule has 0 spiro atoms. The van der Waals surface area contributed by atoms with E-state index >= 15 is 0 Å².